The molecule has 1 heterocycles. The molecule has 0 N–H and O–H groups in total. The molecule has 1 amide bonds. The number of halogens is 1. The zero-order valence-electron chi connectivity index (χ0n) is 15.3. The molecular weight excluding hydrogens is 384 g/mol. The summed E-state index contributed by atoms with van der Waals surface area (Å²) in [5.41, 5.74) is 2.17. The van der Waals surface area contributed by atoms with Gasteiger partial charge in [0.05, 0.1) is 10.3 Å². The molecule has 0 aromatic heterocycles. The van der Waals surface area contributed by atoms with Crippen LogP contribution in [-0.4, -0.2) is 39.3 Å². The van der Waals surface area contributed by atoms with Gasteiger partial charge in [0.2, 0.25) is 15.9 Å². The van der Waals surface area contributed by atoms with Crippen molar-refractivity contribution in [3.8, 4) is 0 Å². The molecule has 0 radical (unpaired) electrons. The lowest BCUT2D eigenvalue weighted by Crippen LogP contribution is -2.38. The maximum atomic E-state index is 13.4. The van der Waals surface area contributed by atoms with Crippen LogP contribution in [-0.2, 0) is 26.7 Å². The van der Waals surface area contributed by atoms with Crippen molar-refractivity contribution in [3.63, 3.8) is 0 Å². The minimum absolute atomic E-state index is 0.0757. The average Bonchev–Trinajstić information content (AvgIpc) is 3.34. The molecule has 27 heavy (non-hydrogen) atoms. The lowest BCUT2D eigenvalue weighted by molar-refractivity contribution is -0.120. The van der Waals surface area contributed by atoms with E-state index in [1.807, 2.05) is 24.3 Å². The van der Waals surface area contributed by atoms with Crippen molar-refractivity contribution in [3.05, 3.63) is 58.6 Å². The Hall–Kier alpha value is -1.89. The number of hydrogen-bond acceptors (Lipinski definition) is 3. The molecule has 5 nitrogen and oxygen atoms in total. The molecule has 2 aliphatic rings. The van der Waals surface area contributed by atoms with Crippen LogP contribution in [0.2, 0.25) is 5.02 Å². The SMILES string of the molecule is CN(C)S(=O)(=O)c1ccc2c(c1)CCN2C(=O)C1(c2cccc(Cl)c2)CC1. The van der Waals surface area contributed by atoms with E-state index in [0.29, 0.717) is 18.0 Å². The Morgan fingerprint density at radius 3 is 2.52 bits per heavy atom. The van der Waals surface area contributed by atoms with Crippen molar-refractivity contribution in [2.45, 2.75) is 29.6 Å². The molecule has 1 fully saturated rings. The number of rotatable bonds is 4. The van der Waals surface area contributed by atoms with E-state index in [-0.39, 0.29) is 10.8 Å². The van der Waals surface area contributed by atoms with E-state index in [1.54, 1.807) is 23.1 Å². The highest BCUT2D eigenvalue weighted by atomic mass is 35.5. The second-order valence-corrected chi connectivity index (χ2v) is 9.97. The van der Waals surface area contributed by atoms with Gasteiger partial charge in [0.25, 0.3) is 0 Å². The molecule has 2 aromatic rings. The van der Waals surface area contributed by atoms with Crippen LogP contribution in [0.25, 0.3) is 0 Å². The minimum atomic E-state index is -3.48. The van der Waals surface area contributed by atoms with Crippen molar-refractivity contribution < 1.29 is 13.2 Å². The molecule has 7 heteroatoms. The monoisotopic (exact) mass is 404 g/mol. The number of hydrogen-bond donors (Lipinski definition) is 0. The molecule has 0 spiro atoms. The third-order valence-corrected chi connectivity index (χ3v) is 7.55. The molecule has 0 atom stereocenters. The molecule has 0 saturated heterocycles. The van der Waals surface area contributed by atoms with Crippen molar-refractivity contribution in [1.82, 2.24) is 4.31 Å². The first-order valence-electron chi connectivity index (χ1n) is 8.89. The predicted molar refractivity (Wildman–Crippen MR) is 106 cm³/mol. The van der Waals surface area contributed by atoms with Crippen LogP contribution in [0.1, 0.15) is 24.0 Å². The third-order valence-electron chi connectivity index (χ3n) is 5.51. The summed E-state index contributed by atoms with van der Waals surface area (Å²) in [5.74, 6) is 0.0757. The highest BCUT2D eigenvalue weighted by molar-refractivity contribution is 7.89. The van der Waals surface area contributed by atoms with Gasteiger partial charge in [0.15, 0.2) is 0 Å². The van der Waals surface area contributed by atoms with E-state index >= 15 is 0 Å². The number of anilines is 1. The van der Waals surface area contributed by atoms with E-state index in [1.165, 1.54) is 18.4 Å². The zero-order chi connectivity index (χ0) is 19.4. The molecule has 1 aliphatic carbocycles. The van der Waals surface area contributed by atoms with Crippen molar-refractivity contribution in [1.29, 1.82) is 0 Å². The third kappa shape index (κ3) is 2.96. The summed E-state index contributed by atoms with van der Waals surface area (Å²) >= 11 is 6.12. The van der Waals surface area contributed by atoms with Crippen LogP contribution < -0.4 is 4.90 Å². The Balaban J connectivity index is 1.66. The first-order chi connectivity index (χ1) is 12.8. The summed E-state index contributed by atoms with van der Waals surface area (Å²) in [6.07, 6.45) is 2.28. The van der Waals surface area contributed by atoms with Gasteiger partial charge < -0.3 is 4.90 Å². The summed E-state index contributed by atoms with van der Waals surface area (Å²) in [6, 6.07) is 12.5. The summed E-state index contributed by atoms with van der Waals surface area (Å²) < 4.78 is 25.9. The fourth-order valence-corrected chi connectivity index (χ4v) is 4.90. The number of fused-ring (bicyclic) bond motifs is 1. The highest BCUT2D eigenvalue weighted by Gasteiger charge is 2.54. The van der Waals surface area contributed by atoms with Crippen molar-refractivity contribution in [2.24, 2.45) is 0 Å². The number of carbonyl (C=O) groups excluding carboxylic acids is 1. The van der Waals surface area contributed by atoms with E-state index in [4.69, 9.17) is 11.6 Å². The quantitative estimate of drug-likeness (QED) is 0.786. The molecular formula is C20H21ClN2O3S. The molecule has 0 unspecified atom stereocenters. The van der Waals surface area contributed by atoms with Gasteiger partial charge in [-0.15, -0.1) is 0 Å². The first-order valence-corrected chi connectivity index (χ1v) is 10.7. The zero-order valence-corrected chi connectivity index (χ0v) is 16.8. The normalized spacial score (nSPS) is 17.9. The lowest BCUT2D eigenvalue weighted by atomic mass is 9.94. The van der Waals surface area contributed by atoms with Crippen LogP contribution in [0.3, 0.4) is 0 Å². The number of nitrogens with zero attached hydrogens (tertiary/aromatic N) is 2. The molecule has 1 aliphatic heterocycles. The Kier molecular flexibility index (Phi) is 4.33. The average molecular weight is 405 g/mol. The summed E-state index contributed by atoms with van der Waals surface area (Å²) in [6.45, 7) is 0.571. The van der Waals surface area contributed by atoms with Crippen LogP contribution in [0.4, 0.5) is 5.69 Å². The van der Waals surface area contributed by atoms with Gasteiger partial charge in [-0.3, -0.25) is 4.79 Å². The Morgan fingerprint density at radius 2 is 1.89 bits per heavy atom. The summed E-state index contributed by atoms with van der Waals surface area (Å²) in [7, 11) is -0.457. The number of sulfonamides is 1. The molecule has 1 saturated carbocycles. The second kappa shape index (κ2) is 6.33. The summed E-state index contributed by atoms with van der Waals surface area (Å²) in [5, 5.41) is 0.631. The smallest absolute Gasteiger partial charge is 0.242 e. The van der Waals surface area contributed by atoms with Gasteiger partial charge in [-0.25, -0.2) is 12.7 Å². The number of benzene rings is 2. The van der Waals surface area contributed by atoms with Crippen LogP contribution in [0, 0.1) is 0 Å². The highest BCUT2D eigenvalue weighted by Crippen LogP contribution is 2.51. The maximum absolute atomic E-state index is 13.4. The van der Waals surface area contributed by atoms with Crippen molar-refractivity contribution in [2.75, 3.05) is 25.5 Å². The van der Waals surface area contributed by atoms with Crippen molar-refractivity contribution >= 4 is 33.2 Å². The molecule has 142 valence electrons. The Labute approximate surface area is 164 Å². The van der Waals surface area contributed by atoms with E-state index < -0.39 is 15.4 Å². The molecule has 2 aromatic carbocycles. The molecule has 4 rings (SSSR count). The van der Waals surface area contributed by atoms with Gasteiger partial charge in [-0.05, 0) is 60.7 Å². The van der Waals surface area contributed by atoms with E-state index in [2.05, 4.69) is 0 Å². The predicted octanol–water partition coefficient (Wildman–Crippen LogP) is 3.21. The maximum Gasteiger partial charge on any atom is 0.242 e. The first kappa shape index (κ1) is 18.5. The van der Waals surface area contributed by atoms with Gasteiger partial charge >= 0.3 is 0 Å². The minimum Gasteiger partial charge on any atom is -0.311 e. The number of carbonyl (C=O) groups is 1. The summed E-state index contributed by atoms with van der Waals surface area (Å²) in [4.78, 5) is 15.4. The van der Waals surface area contributed by atoms with E-state index in [0.717, 1.165) is 29.7 Å². The van der Waals surface area contributed by atoms with Gasteiger partial charge in [-0.1, -0.05) is 23.7 Å². The number of amides is 1. The lowest BCUT2D eigenvalue weighted by Gasteiger charge is -2.24. The standard InChI is InChI=1S/C20H21ClN2O3S/c1-22(2)27(25,26)17-6-7-18-14(12-17)8-11-23(18)19(24)20(9-10-20)15-4-3-5-16(21)13-15/h3-7,12-13H,8-11H2,1-2H3. The van der Waals surface area contributed by atoms with Gasteiger partial charge in [0.1, 0.15) is 0 Å². The van der Waals surface area contributed by atoms with Crippen LogP contribution in [0.15, 0.2) is 47.4 Å². The van der Waals surface area contributed by atoms with Crippen LogP contribution in [0.5, 0.6) is 0 Å². The second-order valence-electron chi connectivity index (χ2n) is 7.38. The van der Waals surface area contributed by atoms with E-state index in [9.17, 15) is 13.2 Å². The van der Waals surface area contributed by atoms with Gasteiger partial charge in [-0.2, -0.15) is 0 Å². The van der Waals surface area contributed by atoms with Crippen LogP contribution >= 0.6 is 11.6 Å². The Bertz CT molecular complexity index is 1030. The molecule has 0 bridgehead atoms. The fourth-order valence-electron chi connectivity index (χ4n) is 3.76. The Morgan fingerprint density at radius 1 is 1.15 bits per heavy atom. The topological polar surface area (TPSA) is 57.7 Å². The fraction of sp³-hybridized carbons (Fsp3) is 0.350. The largest absolute Gasteiger partial charge is 0.311 e. The van der Waals surface area contributed by atoms with Gasteiger partial charge in [0, 0.05) is 31.4 Å².